The second kappa shape index (κ2) is 8.30. The SMILES string of the molecule is Cc1ccc(NC(=O)c2ccccc2Cl)c(OCc2cc(=O)n3cc(C)sc3n2)c1. The van der Waals surface area contributed by atoms with Crippen LogP contribution in [0.4, 0.5) is 5.69 Å². The average molecular weight is 440 g/mol. The lowest BCUT2D eigenvalue weighted by Crippen LogP contribution is -2.15. The average Bonchev–Trinajstić information content (AvgIpc) is 3.09. The van der Waals surface area contributed by atoms with E-state index in [-0.39, 0.29) is 18.1 Å². The van der Waals surface area contributed by atoms with Crippen LogP contribution in [0.3, 0.4) is 0 Å². The normalized spacial score (nSPS) is 10.9. The highest BCUT2D eigenvalue weighted by Gasteiger charge is 2.14. The van der Waals surface area contributed by atoms with Gasteiger partial charge in [0.1, 0.15) is 12.4 Å². The van der Waals surface area contributed by atoms with Crippen molar-refractivity contribution in [2.45, 2.75) is 20.5 Å². The molecule has 0 bridgehead atoms. The largest absolute Gasteiger partial charge is 0.485 e. The van der Waals surface area contributed by atoms with Gasteiger partial charge in [-0.25, -0.2) is 4.98 Å². The molecular weight excluding hydrogens is 422 g/mol. The highest BCUT2D eigenvalue weighted by molar-refractivity contribution is 7.16. The summed E-state index contributed by atoms with van der Waals surface area (Å²) in [7, 11) is 0. The first-order valence-corrected chi connectivity index (χ1v) is 10.4. The number of benzene rings is 2. The molecular formula is C22H18ClN3O3S. The summed E-state index contributed by atoms with van der Waals surface area (Å²) < 4.78 is 7.45. The Labute approximate surface area is 181 Å². The number of thiazole rings is 1. The molecule has 0 spiro atoms. The molecule has 1 N–H and O–H groups in total. The Morgan fingerprint density at radius 3 is 2.80 bits per heavy atom. The van der Waals surface area contributed by atoms with Crippen molar-refractivity contribution in [1.29, 1.82) is 0 Å². The topological polar surface area (TPSA) is 72.7 Å². The number of nitrogens with one attached hydrogen (secondary N) is 1. The summed E-state index contributed by atoms with van der Waals surface area (Å²) in [6.07, 6.45) is 1.77. The fourth-order valence-corrected chi connectivity index (χ4v) is 4.04. The van der Waals surface area contributed by atoms with Gasteiger partial charge in [0.2, 0.25) is 0 Å². The molecule has 6 nitrogen and oxygen atoms in total. The number of aryl methyl sites for hydroxylation is 2. The zero-order chi connectivity index (χ0) is 21.3. The highest BCUT2D eigenvalue weighted by atomic mass is 35.5. The van der Waals surface area contributed by atoms with Crippen molar-refractivity contribution in [3.05, 3.63) is 91.8 Å². The van der Waals surface area contributed by atoms with Gasteiger partial charge >= 0.3 is 0 Å². The van der Waals surface area contributed by atoms with Crippen molar-refractivity contribution in [2.75, 3.05) is 5.32 Å². The van der Waals surface area contributed by atoms with E-state index in [1.807, 2.05) is 26.0 Å². The molecule has 0 fully saturated rings. The molecule has 0 unspecified atom stereocenters. The number of nitrogens with zero attached hydrogens (tertiary/aromatic N) is 2. The lowest BCUT2D eigenvalue weighted by Gasteiger charge is -2.14. The van der Waals surface area contributed by atoms with E-state index < -0.39 is 0 Å². The number of amides is 1. The van der Waals surface area contributed by atoms with Gasteiger partial charge in [-0.3, -0.25) is 14.0 Å². The van der Waals surface area contributed by atoms with Gasteiger partial charge in [0.25, 0.3) is 11.5 Å². The number of carbonyl (C=O) groups is 1. The molecule has 2 aromatic heterocycles. The van der Waals surface area contributed by atoms with Gasteiger partial charge in [-0.05, 0) is 43.7 Å². The maximum Gasteiger partial charge on any atom is 0.258 e. The number of rotatable bonds is 5. The molecule has 8 heteroatoms. The zero-order valence-corrected chi connectivity index (χ0v) is 17.9. The molecule has 0 aliphatic carbocycles. The van der Waals surface area contributed by atoms with E-state index in [1.165, 1.54) is 21.8 Å². The van der Waals surface area contributed by atoms with Crippen LogP contribution in [0.15, 0.2) is 59.5 Å². The molecule has 4 aromatic rings. The van der Waals surface area contributed by atoms with Crippen LogP contribution in [0.25, 0.3) is 4.96 Å². The maximum absolute atomic E-state index is 12.6. The molecule has 0 aliphatic heterocycles. The smallest absolute Gasteiger partial charge is 0.258 e. The van der Waals surface area contributed by atoms with Crippen LogP contribution in [0, 0.1) is 13.8 Å². The van der Waals surface area contributed by atoms with Gasteiger partial charge < -0.3 is 10.1 Å². The third-order valence-corrected chi connectivity index (χ3v) is 5.64. The fourth-order valence-electron chi connectivity index (χ4n) is 2.97. The Kier molecular flexibility index (Phi) is 5.57. The second-order valence-electron chi connectivity index (χ2n) is 6.80. The van der Waals surface area contributed by atoms with Crippen molar-refractivity contribution in [3.8, 4) is 5.75 Å². The molecule has 2 aromatic carbocycles. The van der Waals surface area contributed by atoms with Crippen molar-refractivity contribution in [3.63, 3.8) is 0 Å². The number of fused-ring (bicyclic) bond motifs is 1. The fraction of sp³-hybridized carbons (Fsp3) is 0.136. The molecule has 0 aliphatic rings. The van der Waals surface area contributed by atoms with Crippen LogP contribution in [0.5, 0.6) is 5.75 Å². The summed E-state index contributed by atoms with van der Waals surface area (Å²) >= 11 is 7.57. The monoisotopic (exact) mass is 439 g/mol. The highest BCUT2D eigenvalue weighted by Crippen LogP contribution is 2.28. The second-order valence-corrected chi connectivity index (χ2v) is 8.42. The van der Waals surface area contributed by atoms with Crippen LogP contribution in [0.2, 0.25) is 5.02 Å². The maximum atomic E-state index is 12.6. The number of hydrogen-bond donors (Lipinski definition) is 1. The van der Waals surface area contributed by atoms with Crippen molar-refractivity contribution >= 4 is 39.5 Å². The zero-order valence-electron chi connectivity index (χ0n) is 16.3. The van der Waals surface area contributed by atoms with E-state index in [4.69, 9.17) is 16.3 Å². The minimum absolute atomic E-state index is 0.0983. The summed E-state index contributed by atoms with van der Waals surface area (Å²) in [6.45, 7) is 3.95. The van der Waals surface area contributed by atoms with Crippen molar-refractivity contribution in [2.24, 2.45) is 0 Å². The minimum atomic E-state index is -0.332. The van der Waals surface area contributed by atoms with Gasteiger partial charge in [0, 0.05) is 17.1 Å². The number of ether oxygens (including phenoxy) is 1. The number of aromatic nitrogens is 2. The van der Waals surface area contributed by atoms with Crippen molar-refractivity contribution in [1.82, 2.24) is 9.38 Å². The molecule has 0 radical (unpaired) electrons. The standard InChI is InChI=1S/C22H18ClN3O3S/c1-13-7-8-18(25-21(28)16-5-3-4-6-17(16)23)19(9-13)29-12-15-10-20(27)26-11-14(2)30-22(26)24-15/h3-11H,12H2,1-2H3,(H,25,28). The Bertz CT molecular complexity index is 1310. The number of carbonyl (C=O) groups excluding carboxylic acids is 1. The first-order valence-electron chi connectivity index (χ1n) is 9.19. The molecule has 0 atom stereocenters. The van der Waals surface area contributed by atoms with E-state index in [1.54, 1.807) is 36.5 Å². The molecule has 2 heterocycles. The van der Waals surface area contributed by atoms with Gasteiger partial charge in [0.15, 0.2) is 4.96 Å². The van der Waals surface area contributed by atoms with Gasteiger partial charge in [-0.1, -0.05) is 29.8 Å². The number of halogens is 1. The molecule has 152 valence electrons. The first-order chi connectivity index (χ1) is 14.4. The summed E-state index contributed by atoms with van der Waals surface area (Å²) in [5.41, 5.74) is 2.22. The van der Waals surface area contributed by atoms with Crippen molar-refractivity contribution < 1.29 is 9.53 Å². The van der Waals surface area contributed by atoms with E-state index in [0.29, 0.717) is 32.7 Å². The quantitative estimate of drug-likeness (QED) is 0.482. The van der Waals surface area contributed by atoms with Gasteiger partial charge in [-0.2, -0.15) is 0 Å². The predicted molar refractivity (Wildman–Crippen MR) is 119 cm³/mol. The van der Waals surface area contributed by atoms with E-state index in [2.05, 4.69) is 10.3 Å². The Hall–Kier alpha value is -3.16. The molecule has 30 heavy (non-hydrogen) atoms. The molecule has 1 amide bonds. The number of anilines is 1. The third kappa shape index (κ3) is 4.22. The Morgan fingerprint density at radius 1 is 1.20 bits per heavy atom. The summed E-state index contributed by atoms with van der Waals surface area (Å²) in [6, 6.07) is 13.8. The molecule has 4 rings (SSSR count). The first kappa shape index (κ1) is 20.1. The molecule has 0 saturated heterocycles. The molecule has 0 saturated carbocycles. The van der Waals surface area contributed by atoms with E-state index >= 15 is 0 Å². The van der Waals surface area contributed by atoms with Crippen LogP contribution in [0.1, 0.15) is 26.5 Å². The summed E-state index contributed by atoms with van der Waals surface area (Å²) in [5.74, 6) is 0.154. The number of hydrogen-bond acceptors (Lipinski definition) is 5. The lowest BCUT2D eigenvalue weighted by atomic mass is 10.1. The summed E-state index contributed by atoms with van der Waals surface area (Å²) in [4.78, 5) is 31.0. The van der Waals surface area contributed by atoms with Crippen LogP contribution in [-0.4, -0.2) is 15.3 Å². The lowest BCUT2D eigenvalue weighted by molar-refractivity contribution is 0.102. The van der Waals surface area contributed by atoms with Crippen LogP contribution in [-0.2, 0) is 6.61 Å². The van der Waals surface area contributed by atoms with E-state index in [0.717, 1.165) is 10.4 Å². The van der Waals surface area contributed by atoms with Gasteiger partial charge in [-0.15, -0.1) is 11.3 Å². The summed E-state index contributed by atoms with van der Waals surface area (Å²) in [5, 5.41) is 3.21. The minimum Gasteiger partial charge on any atom is -0.485 e. The Balaban J connectivity index is 1.57. The Morgan fingerprint density at radius 2 is 2.00 bits per heavy atom. The van der Waals surface area contributed by atoms with Crippen LogP contribution < -0.4 is 15.6 Å². The third-order valence-electron chi connectivity index (χ3n) is 4.42. The predicted octanol–water partition coefficient (Wildman–Crippen LogP) is 4.86. The van der Waals surface area contributed by atoms with E-state index in [9.17, 15) is 9.59 Å². The van der Waals surface area contributed by atoms with Crippen LogP contribution >= 0.6 is 22.9 Å². The van der Waals surface area contributed by atoms with Gasteiger partial charge in [0.05, 0.1) is 22.0 Å².